The lowest BCUT2D eigenvalue weighted by Crippen LogP contribution is -2.17. The molecule has 1 aromatic rings. The number of hydrogen-bond donors (Lipinski definition) is 2. The van der Waals surface area contributed by atoms with E-state index in [1.807, 2.05) is 0 Å². The molecule has 0 aliphatic carbocycles. The van der Waals surface area contributed by atoms with Crippen LogP contribution in [0.3, 0.4) is 0 Å². The van der Waals surface area contributed by atoms with Gasteiger partial charge in [0.15, 0.2) is 0 Å². The van der Waals surface area contributed by atoms with Gasteiger partial charge in [-0.1, -0.05) is 17.7 Å². The summed E-state index contributed by atoms with van der Waals surface area (Å²) in [5, 5.41) is 12.0. The van der Waals surface area contributed by atoms with E-state index in [9.17, 15) is 9.18 Å². The maximum Gasteiger partial charge on any atom is 0.307 e. The lowest BCUT2D eigenvalue weighted by atomic mass is 10.0. The highest BCUT2D eigenvalue weighted by molar-refractivity contribution is 6.30. The lowest BCUT2D eigenvalue weighted by molar-refractivity contribution is -0.141. The van der Waals surface area contributed by atoms with Crippen molar-refractivity contribution in [3.05, 3.63) is 34.6 Å². The molecule has 86 valence electrons. The molecular formula is C11H11ClFNO2. The summed E-state index contributed by atoms with van der Waals surface area (Å²) in [4.78, 5) is 10.8. The third kappa shape index (κ3) is 2.18. The zero-order valence-electron chi connectivity index (χ0n) is 8.41. The van der Waals surface area contributed by atoms with Gasteiger partial charge in [0.1, 0.15) is 5.82 Å². The van der Waals surface area contributed by atoms with E-state index in [-0.39, 0.29) is 11.1 Å². The zero-order valence-corrected chi connectivity index (χ0v) is 9.17. The fraction of sp³-hybridized carbons (Fsp3) is 0.364. The maximum atomic E-state index is 13.2. The second kappa shape index (κ2) is 4.39. The molecule has 0 spiro atoms. The van der Waals surface area contributed by atoms with Gasteiger partial charge in [-0.2, -0.15) is 0 Å². The summed E-state index contributed by atoms with van der Waals surface area (Å²) in [6.45, 7) is 0.421. The Bertz CT molecular complexity index is 424. The van der Waals surface area contributed by atoms with E-state index in [1.165, 1.54) is 12.1 Å². The first-order chi connectivity index (χ1) is 7.58. The Morgan fingerprint density at radius 1 is 1.56 bits per heavy atom. The highest BCUT2D eigenvalue weighted by Crippen LogP contribution is 2.29. The minimum Gasteiger partial charge on any atom is -0.481 e. The first-order valence-corrected chi connectivity index (χ1v) is 5.37. The molecule has 1 fully saturated rings. The fourth-order valence-electron chi connectivity index (χ4n) is 1.91. The topological polar surface area (TPSA) is 49.3 Å². The van der Waals surface area contributed by atoms with E-state index in [0.717, 1.165) is 5.56 Å². The van der Waals surface area contributed by atoms with Gasteiger partial charge >= 0.3 is 5.97 Å². The molecule has 0 bridgehead atoms. The Hall–Kier alpha value is -1.13. The maximum absolute atomic E-state index is 13.2. The summed E-state index contributed by atoms with van der Waals surface area (Å²) in [6.07, 6.45) is 0.483. The molecule has 0 amide bonds. The third-order valence-electron chi connectivity index (χ3n) is 2.83. The van der Waals surface area contributed by atoms with Crippen LogP contribution in [0, 0.1) is 11.7 Å². The summed E-state index contributed by atoms with van der Waals surface area (Å²) in [5.41, 5.74) is 0.741. The predicted molar refractivity (Wildman–Crippen MR) is 57.9 cm³/mol. The SMILES string of the molecule is O=C(O)C1CNC(c2ccc(Cl)c(F)c2)C1. The molecular weight excluding hydrogens is 233 g/mol. The van der Waals surface area contributed by atoms with Gasteiger partial charge in [-0.05, 0) is 24.1 Å². The molecule has 2 atom stereocenters. The van der Waals surface area contributed by atoms with E-state index < -0.39 is 17.7 Å². The van der Waals surface area contributed by atoms with Crippen LogP contribution in [0.5, 0.6) is 0 Å². The molecule has 1 aliphatic heterocycles. The van der Waals surface area contributed by atoms with Crippen LogP contribution in [0.1, 0.15) is 18.0 Å². The standard InChI is InChI=1S/C11H11ClFNO2/c12-8-2-1-6(3-9(8)13)10-4-7(5-14-10)11(15)16/h1-3,7,10,14H,4-5H2,(H,15,16). The molecule has 1 aromatic carbocycles. The molecule has 3 nitrogen and oxygen atoms in total. The summed E-state index contributed by atoms with van der Waals surface area (Å²) < 4.78 is 13.2. The van der Waals surface area contributed by atoms with Crippen LogP contribution < -0.4 is 5.32 Å². The molecule has 1 heterocycles. The summed E-state index contributed by atoms with van der Waals surface area (Å²) in [5.74, 6) is -1.69. The third-order valence-corrected chi connectivity index (χ3v) is 3.13. The number of hydrogen-bond acceptors (Lipinski definition) is 2. The van der Waals surface area contributed by atoms with Crippen LogP contribution in [0.15, 0.2) is 18.2 Å². The van der Waals surface area contributed by atoms with Crippen molar-refractivity contribution < 1.29 is 14.3 Å². The van der Waals surface area contributed by atoms with Crippen molar-refractivity contribution in [3.63, 3.8) is 0 Å². The van der Waals surface area contributed by atoms with E-state index in [0.29, 0.717) is 13.0 Å². The second-order valence-corrected chi connectivity index (χ2v) is 4.31. The average molecular weight is 244 g/mol. The number of rotatable bonds is 2. The molecule has 1 saturated heterocycles. The Morgan fingerprint density at radius 2 is 2.31 bits per heavy atom. The number of benzene rings is 1. The largest absolute Gasteiger partial charge is 0.481 e. The normalized spacial score (nSPS) is 24.6. The minimum atomic E-state index is -0.815. The first kappa shape index (κ1) is 11.4. The summed E-state index contributed by atoms with van der Waals surface area (Å²) in [7, 11) is 0. The monoisotopic (exact) mass is 243 g/mol. The number of carbonyl (C=O) groups is 1. The zero-order chi connectivity index (χ0) is 11.7. The number of aliphatic carboxylic acids is 1. The van der Waals surface area contributed by atoms with E-state index >= 15 is 0 Å². The number of halogens is 2. The quantitative estimate of drug-likeness (QED) is 0.837. The first-order valence-electron chi connectivity index (χ1n) is 4.99. The van der Waals surface area contributed by atoms with Crippen LogP contribution in [0.4, 0.5) is 4.39 Å². The molecule has 5 heteroatoms. The minimum absolute atomic E-state index is 0.0801. The van der Waals surface area contributed by atoms with Crippen LogP contribution in [0.25, 0.3) is 0 Å². The Balaban J connectivity index is 2.14. The van der Waals surface area contributed by atoms with Gasteiger partial charge in [0, 0.05) is 12.6 Å². The second-order valence-electron chi connectivity index (χ2n) is 3.91. The van der Waals surface area contributed by atoms with Crippen LogP contribution in [-0.2, 0) is 4.79 Å². The molecule has 16 heavy (non-hydrogen) atoms. The van der Waals surface area contributed by atoms with Crippen molar-refractivity contribution in [3.8, 4) is 0 Å². The Kier molecular flexibility index (Phi) is 3.12. The fourth-order valence-corrected chi connectivity index (χ4v) is 2.02. The smallest absolute Gasteiger partial charge is 0.307 e. The highest BCUT2D eigenvalue weighted by Gasteiger charge is 2.30. The molecule has 2 unspecified atom stereocenters. The van der Waals surface area contributed by atoms with Gasteiger partial charge in [0.05, 0.1) is 10.9 Å². The molecule has 0 aromatic heterocycles. The predicted octanol–water partition coefficient (Wildman–Crippen LogP) is 2.21. The van der Waals surface area contributed by atoms with E-state index in [4.69, 9.17) is 16.7 Å². The lowest BCUT2D eigenvalue weighted by Gasteiger charge is -2.10. The van der Waals surface area contributed by atoms with Gasteiger partial charge in [0.25, 0.3) is 0 Å². The summed E-state index contributed by atoms with van der Waals surface area (Å²) in [6, 6.07) is 4.45. The molecule has 0 radical (unpaired) electrons. The molecule has 1 aliphatic rings. The van der Waals surface area contributed by atoms with E-state index in [1.54, 1.807) is 6.07 Å². The van der Waals surface area contributed by atoms with Crippen LogP contribution in [0.2, 0.25) is 5.02 Å². The number of nitrogens with one attached hydrogen (secondary N) is 1. The summed E-state index contributed by atoms with van der Waals surface area (Å²) >= 11 is 5.58. The number of carboxylic acids is 1. The van der Waals surface area contributed by atoms with Crippen LogP contribution in [-0.4, -0.2) is 17.6 Å². The molecule has 0 saturated carbocycles. The number of carboxylic acid groups (broad SMARTS) is 1. The van der Waals surface area contributed by atoms with Crippen molar-refractivity contribution in [2.75, 3.05) is 6.54 Å². The van der Waals surface area contributed by atoms with Gasteiger partial charge < -0.3 is 10.4 Å². The Labute approximate surface area is 97.2 Å². The van der Waals surface area contributed by atoms with Gasteiger partial charge in [-0.25, -0.2) is 4.39 Å². The molecule has 2 N–H and O–H groups in total. The van der Waals surface area contributed by atoms with Crippen molar-refractivity contribution in [1.29, 1.82) is 0 Å². The van der Waals surface area contributed by atoms with Gasteiger partial charge in [0.2, 0.25) is 0 Å². The van der Waals surface area contributed by atoms with Crippen molar-refractivity contribution in [1.82, 2.24) is 5.32 Å². The van der Waals surface area contributed by atoms with Crippen LogP contribution >= 0.6 is 11.6 Å². The van der Waals surface area contributed by atoms with Gasteiger partial charge in [-0.15, -0.1) is 0 Å². The highest BCUT2D eigenvalue weighted by atomic mass is 35.5. The van der Waals surface area contributed by atoms with Crippen molar-refractivity contribution in [2.24, 2.45) is 5.92 Å². The van der Waals surface area contributed by atoms with Crippen molar-refractivity contribution >= 4 is 17.6 Å². The average Bonchev–Trinajstić information content (AvgIpc) is 2.71. The Morgan fingerprint density at radius 3 is 2.88 bits per heavy atom. The van der Waals surface area contributed by atoms with Crippen molar-refractivity contribution in [2.45, 2.75) is 12.5 Å². The molecule has 2 rings (SSSR count). The van der Waals surface area contributed by atoms with E-state index in [2.05, 4.69) is 5.32 Å². The van der Waals surface area contributed by atoms with Gasteiger partial charge in [-0.3, -0.25) is 4.79 Å².